The third-order valence-electron chi connectivity index (χ3n) is 4.92. The molecule has 2 aromatic carbocycles. The third-order valence-corrected chi connectivity index (χ3v) is 4.92. The van der Waals surface area contributed by atoms with Crippen molar-refractivity contribution in [3.63, 3.8) is 0 Å². The summed E-state index contributed by atoms with van der Waals surface area (Å²) in [6.45, 7) is 12.2. The van der Waals surface area contributed by atoms with Crippen molar-refractivity contribution < 1.29 is 9.32 Å². The minimum atomic E-state index is -0.0944. The van der Waals surface area contributed by atoms with E-state index in [0.29, 0.717) is 5.69 Å². The van der Waals surface area contributed by atoms with Gasteiger partial charge in [-0.2, -0.15) is 0 Å². The molecule has 3 rings (SSSR count). The molecule has 0 saturated carbocycles. The number of nitrogens with one attached hydrogen (secondary N) is 1. The molecule has 0 spiro atoms. The average molecular weight is 365 g/mol. The molecule has 142 valence electrons. The van der Waals surface area contributed by atoms with Crippen LogP contribution in [0.25, 0.3) is 11.0 Å². The lowest BCUT2D eigenvalue weighted by Crippen LogP contribution is -2.22. The number of carbonyl (C=O) groups excluding carboxylic acids is 1. The Morgan fingerprint density at radius 3 is 2.48 bits per heavy atom. The van der Waals surface area contributed by atoms with Crippen molar-refractivity contribution >= 4 is 28.3 Å². The molecule has 1 aromatic heterocycles. The second kappa shape index (κ2) is 7.82. The first-order valence-corrected chi connectivity index (χ1v) is 9.43. The Balaban J connectivity index is 1.77. The number of aromatic nitrogens is 1. The van der Waals surface area contributed by atoms with E-state index >= 15 is 0 Å². The van der Waals surface area contributed by atoms with Gasteiger partial charge in [0.05, 0.1) is 6.42 Å². The zero-order valence-electron chi connectivity index (χ0n) is 16.7. The van der Waals surface area contributed by atoms with Gasteiger partial charge in [0, 0.05) is 29.9 Å². The summed E-state index contributed by atoms with van der Waals surface area (Å²) in [5.74, 6) is -0.0944. The van der Waals surface area contributed by atoms with Crippen LogP contribution in [0, 0.1) is 20.8 Å². The summed E-state index contributed by atoms with van der Waals surface area (Å²) in [5.41, 5.74) is 6.64. The number of fused-ring (bicyclic) bond motifs is 1. The Morgan fingerprint density at radius 2 is 1.81 bits per heavy atom. The highest BCUT2D eigenvalue weighted by molar-refractivity contribution is 5.95. The zero-order chi connectivity index (χ0) is 19.6. The maximum absolute atomic E-state index is 12.6. The number of rotatable bonds is 6. The van der Waals surface area contributed by atoms with Crippen LogP contribution in [-0.2, 0) is 11.2 Å². The normalized spacial score (nSPS) is 11.0. The summed E-state index contributed by atoms with van der Waals surface area (Å²) in [7, 11) is 0. The number of amides is 1. The van der Waals surface area contributed by atoms with Gasteiger partial charge in [-0.1, -0.05) is 11.2 Å². The number of hydrogen-bond donors (Lipinski definition) is 1. The molecule has 0 bridgehead atoms. The fourth-order valence-corrected chi connectivity index (χ4v) is 3.49. The molecule has 5 heteroatoms. The van der Waals surface area contributed by atoms with Crippen LogP contribution < -0.4 is 10.2 Å². The molecule has 0 aliphatic rings. The second-order valence-corrected chi connectivity index (χ2v) is 6.98. The van der Waals surface area contributed by atoms with Crippen LogP contribution in [-0.4, -0.2) is 24.2 Å². The molecule has 0 radical (unpaired) electrons. The predicted octanol–water partition coefficient (Wildman–Crippen LogP) is 4.78. The maximum atomic E-state index is 12.6. The van der Waals surface area contributed by atoms with Crippen LogP contribution >= 0.6 is 0 Å². The fourth-order valence-electron chi connectivity index (χ4n) is 3.49. The first kappa shape index (κ1) is 19.0. The molecule has 0 fully saturated rings. The van der Waals surface area contributed by atoms with Crippen LogP contribution in [0.3, 0.4) is 0 Å². The van der Waals surface area contributed by atoms with E-state index in [1.807, 2.05) is 39.0 Å². The molecule has 5 nitrogen and oxygen atoms in total. The van der Waals surface area contributed by atoms with Gasteiger partial charge in [-0.25, -0.2) is 0 Å². The van der Waals surface area contributed by atoms with Gasteiger partial charge in [0.2, 0.25) is 5.91 Å². The molecule has 1 N–H and O–H groups in total. The predicted molar refractivity (Wildman–Crippen MR) is 111 cm³/mol. The van der Waals surface area contributed by atoms with Crippen molar-refractivity contribution in [2.75, 3.05) is 23.3 Å². The standard InChI is InChI=1S/C22H27N3O2/c1-6-25(7-2)17-8-9-19(15(4)12-17)23-21(26)13-20-18-11-14(3)10-16(5)22(18)27-24-20/h8-12H,6-7,13H2,1-5H3,(H,23,26). The van der Waals surface area contributed by atoms with Gasteiger partial charge in [-0.15, -0.1) is 0 Å². The summed E-state index contributed by atoms with van der Waals surface area (Å²) in [6.07, 6.45) is 0.188. The molecule has 27 heavy (non-hydrogen) atoms. The smallest absolute Gasteiger partial charge is 0.230 e. The van der Waals surface area contributed by atoms with E-state index in [1.165, 1.54) is 5.69 Å². The van der Waals surface area contributed by atoms with Crippen LogP contribution in [0.2, 0.25) is 0 Å². The first-order chi connectivity index (χ1) is 12.9. The monoisotopic (exact) mass is 365 g/mol. The van der Waals surface area contributed by atoms with Crippen molar-refractivity contribution in [3.8, 4) is 0 Å². The molecule has 0 aliphatic heterocycles. The van der Waals surface area contributed by atoms with E-state index in [9.17, 15) is 4.79 Å². The summed E-state index contributed by atoms with van der Waals surface area (Å²) in [5, 5.41) is 8.04. The van der Waals surface area contributed by atoms with Gasteiger partial charge in [0.1, 0.15) is 5.69 Å². The Hall–Kier alpha value is -2.82. The summed E-state index contributed by atoms with van der Waals surface area (Å²) in [6, 6.07) is 10.2. The number of anilines is 2. The van der Waals surface area contributed by atoms with Crippen LogP contribution in [0.5, 0.6) is 0 Å². The molecule has 3 aromatic rings. The lowest BCUT2D eigenvalue weighted by Gasteiger charge is -2.22. The van der Waals surface area contributed by atoms with E-state index in [-0.39, 0.29) is 12.3 Å². The number of aryl methyl sites for hydroxylation is 3. The Bertz CT molecular complexity index is 971. The fraction of sp³-hybridized carbons (Fsp3) is 0.364. The van der Waals surface area contributed by atoms with E-state index in [0.717, 1.165) is 46.4 Å². The molecule has 0 unspecified atom stereocenters. The quantitative estimate of drug-likeness (QED) is 0.683. The van der Waals surface area contributed by atoms with E-state index in [1.54, 1.807) is 0 Å². The molecule has 1 amide bonds. The maximum Gasteiger partial charge on any atom is 0.230 e. The lowest BCUT2D eigenvalue weighted by molar-refractivity contribution is -0.115. The van der Waals surface area contributed by atoms with Crippen molar-refractivity contribution in [1.29, 1.82) is 0 Å². The molecule has 0 aliphatic carbocycles. The zero-order valence-corrected chi connectivity index (χ0v) is 16.7. The lowest BCUT2D eigenvalue weighted by atomic mass is 10.1. The van der Waals surface area contributed by atoms with Crippen LogP contribution in [0.15, 0.2) is 34.9 Å². The Labute approximate surface area is 160 Å². The molecule has 0 saturated heterocycles. The SMILES string of the molecule is CCN(CC)c1ccc(NC(=O)Cc2noc3c(C)cc(C)cc23)c(C)c1. The highest BCUT2D eigenvalue weighted by Crippen LogP contribution is 2.25. The topological polar surface area (TPSA) is 58.4 Å². The van der Waals surface area contributed by atoms with Gasteiger partial charge < -0.3 is 14.7 Å². The van der Waals surface area contributed by atoms with Crippen molar-refractivity contribution in [2.45, 2.75) is 41.0 Å². The van der Waals surface area contributed by atoms with Gasteiger partial charge in [-0.05, 0) is 75.6 Å². The number of carbonyl (C=O) groups is 1. The third kappa shape index (κ3) is 3.97. The second-order valence-electron chi connectivity index (χ2n) is 6.98. The Kier molecular flexibility index (Phi) is 5.49. The van der Waals surface area contributed by atoms with E-state index in [4.69, 9.17) is 4.52 Å². The van der Waals surface area contributed by atoms with Crippen LogP contribution in [0.1, 0.15) is 36.2 Å². The van der Waals surface area contributed by atoms with Crippen molar-refractivity contribution in [2.24, 2.45) is 0 Å². The van der Waals surface area contributed by atoms with Crippen molar-refractivity contribution in [3.05, 3.63) is 52.7 Å². The summed E-state index contributed by atoms with van der Waals surface area (Å²) < 4.78 is 5.44. The summed E-state index contributed by atoms with van der Waals surface area (Å²) >= 11 is 0. The minimum absolute atomic E-state index is 0.0944. The number of hydrogen-bond acceptors (Lipinski definition) is 4. The van der Waals surface area contributed by atoms with E-state index < -0.39 is 0 Å². The van der Waals surface area contributed by atoms with Gasteiger partial charge in [0.15, 0.2) is 5.58 Å². The molecule has 1 heterocycles. The Morgan fingerprint density at radius 1 is 1.07 bits per heavy atom. The highest BCUT2D eigenvalue weighted by atomic mass is 16.5. The summed E-state index contributed by atoms with van der Waals surface area (Å²) in [4.78, 5) is 14.9. The molecule has 0 atom stereocenters. The number of benzene rings is 2. The minimum Gasteiger partial charge on any atom is -0.372 e. The van der Waals surface area contributed by atoms with Crippen molar-refractivity contribution in [1.82, 2.24) is 5.16 Å². The average Bonchev–Trinajstić information content (AvgIpc) is 3.01. The largest absolute Gasteiger partial charge is 0.372 e. The van der Waals surface area contributed by atoms with E-state index in [2.05, 4.69) is 41.4 Å². The molecular formula is C22H27N3O2. The highest BCUT2D eigenvalue weighted by Gasteiger charge is 2.15. The van der Waals surface area contributed by atoms with Gasteiger partial charge in [-0.3, -0.25) is 4.79 Å². The van der Waals surface area contributed by atoms with Crippen LogP contribution in [0.4, 0.5) is 11.4 Å². The van der Waals surface area contributed by atoms with Gasteiger partial charge >= 0.3 is 0 Å². The van der Waals surface area contributed by atoms with Gasteiger partial charge in [0.25, 0.3) is 0 Å². The number of nitrogens with zero attached hydrogens (tertiary/aromatic N) is 2. The first-order valence-electron chi connectivity index (χ1n) is 9.43. The molecular weight excluding hydrogens is 338 g/mol.